The van der Waals surface area contributed by atoms with Gasteiger partial charge in [0.1, 0.15) is 5.02 Å². The number of carbonyl (C=O) groups excluding carboxylic acids is 1. The number of rotatable bonds is 4. The first-order valence-corrected chi connectivity index (χ1v) is 9.76. The van der Waals surface area contributed by atoms with Crippen molar-refractivity contribution in [3.05, 3.63) is 87.3 Å². The van der Waals surface area contributed by atoms with Gasteiger partial charge in [0.15, 0.2) is 0 Å². The molecule has 6 heteroatoms. The van der Waals surface area contributed by atoms with E-state index in [4.69, 9.17) is 11.6 Å². The van der Waals surface area contributed by atoms with Crippen LogP contribution < -0.4 is 10.9 Å². The highest BCUT2D eigenvalue weighted by Crippen LogP contribution is 2.34. The van der Waals surface area contributed by atoms with Gasteiger partial charge in [-0.25, -0.2) is 0 Å². The molecule has 0 aliphatic heterocycles. The van der Waals surface area contributed by atoms with Crippen LogP contribution in [0.25, 0.3) is 5.69 Å². The fourth-order valence-corrected chi connectivity index (χ4v) is 3.81. The van der Waals surface area contributed by atoms with Crippen LogP contribution in [-0.2, 0) is 0 Å². The molecule has 1 fully saturated rings. The van der Waals surface area contributed by atoms with Gasteiger partial charge in [-0.15, -0.1) is 0 Å². The first-order valence-electron chi connectivity index (χ1n) is 9.38. The second-order valence-electron chi connectivity index (χ2n) is 6.98. The second kappa shape index (κ2) is 7.98. The highest BCUT2D eigenvalue weighted by molar-refractivity contribution is 6.33. The van der Waals surface area contributed by atoms with Gasteiger partial charge in [-0.3, -0.25) is 9.59 Å². The Morgan fingerprint density at radius 2 is 1.71 bits per heavy atom. The Kier molecular flexibility index (Phi) is 5.26. The molecule has 0 atom stereocenters. The topological polar surface area (TPSA) is 64.0 Å². The average Bonchev–Trinajstić information content (AvgIpc) is 3.27. The van der Waals surface area contributed by atoms with Crippen LogP contribution in [0.2, 0.25) is 5.02 Å². The van der Waals surface area contributed by atoms with Gasteiger partial charge in [-0.1, -0.05) is 54.8 Å². The monoisotopic (exact) mass is 393 g/mol. The van der Waals surface area contributed by atoms with Crippen molar-refractivity contribution in [2.45, 2.75) is 31.6 Å². The maximum Gasteiger partial charge on any atom is 0.292 e. The molecule has 1 aliphatic carbocycles. The Balaban J connectivity index is 1.57. The molecule has 1 amide bonds. The van der Waals surface area contributed by atoms with Crippen LogP contribution in [0.5, 0.6) is 0 Å². The molecule has 0 unspecified atom stereocenters. The molecule has 2 aromatic carbocycles. The minimum Gasteiger partial charge on any atom is -0.319 e. The molecule has 1 saturated carbocycles. The number of aromatic nitrogens is 2. The minimum atomic E-state index is -0.471. The SMILES string of the molecule is O=C(Nc1cnn(-c2ccc(C3CCCC3)cc2)c(=O)c1Cl)c1ccccc1. The number of benzene rings is 2. The summed E-state index contributed by atoms with van der Waals surface area (Å²) < 4.78 is 1.25. The van der Waals surface area contributed by atoms with Crippen molar-refractivity contribution in [1.29, 1.82) is 0 Å². The van der Waals surface area contributed by atoms with Crippen molar-refractivity contribution in [2.24, 2.45) is 0 Å². The van der Waals surface area contributed by atoms with Crippen molar-refractivity contribution in [2.75, 3.05) is 5.32 Å². The number of anilines is 1. The van der Waals surface area contributed by atoms with Crippen LogP contribution in [-0.4, -0.2) is 15.7 Å². The number of carbonyl (C=O) groups is 1. The number of nitrogens with one attached hydrogen (secondary N) is 1. The molecule has 1 N–H and O–H groups in total. The van der Waals surface area contributed by atoms with E-state index in [2.05, 4.69) is 22.5 Å². The Morgan fingerprint density at radius 1 is 1.04 bits per heavy atom. The molecule has 0 saturated heterocycles. The third-order valence-electron chi connectivity index (χ3n) is 5.17. The molecule has 1 heterocycles. The van der Waals surface area contributed by atoms with E-state index >= 15 is 0 Å². The molecule has 0 radical (unpaired) electrons. The quantitative estimate of drug-likeness (QED) is 0.692. The molecule has 5 nitrogen and oxygen atoms in total. The third-order valence-corrected chi connectivity index (χ3v) is 5.53. The van der Waals surface area contributed by atoms with Gasteiger partial charge in [0.2, 0.25) is 0 Å². The normalized spacial score (nSPS) is 14.2. The van der Waals surface area contributed by atoms with Gasteiger partial charge in [0.05, 0.1) is 17.6 Å². The zero-order valence-corrected chi connectivity index (χ0v) is 16.0. The van der Waals surface area contributed by atoms with Crippen LogP contribution in [0.4, 0.5) is 5.69 Å². The zero-order valence-electron chi connectivity index (χ0n) is 15.3. The molecule has 1 aliphatic rings. The summed E-state index contributed by atoms with van der Waals surface area (Å²) in [6, 6.07) is 16.6. The Hall–Kier alpha value is -2.92. The average molecular weight is 394 g/mol. The Morgan fingerprint density at radius 3 is 2.39 bits per heavy atom. The van der Waals surface area contributed by atoms with Crippen LogP contribution >= 0.6 is 11.6 Å². The van der Waals surface area contributed by atoms with Crippen molar-refractivity contribution < 1.29 is 4.79 Å². The van der Waals surface area contributed by atoms with E-state index in [1.165, 1.54) is 42.1 Å². The minimum absolute atomic E-state index is 0.0702. The van der Waals surface area contributed by atoms with Crippen molar-refractivity contribution in [3.8, 4) is 5.69 Å². The lowest BCUT2D eigenvalue weighted by Crippen LogP contribution is -2.24. The van der Waals surface area contributed by atoms with Crippen LogP contribution in [0.1, 0.15) is 47.5 Å². The predicted molar refractivity (Wildman–Crippen MR) is 110 cm³/mol. The number of halogens is 1. The van der Waals surface area contributed by atoms with Crippen LogP contribution in [0.15, 0.2) is 65.6 Å². The van der Waals surface area contributed by atoms with Gasteiger partial charge in [0, 0.05) is 5.56 Å². The van der Waals surface area contributed by atoms with Gasteiger partial charge >= 0.3 is 0 Å². The standard InChI is InChI=1S/C22H20ClN3O2/c23-20-19(25-21(27)17-8-2-1-3-9-17)14-24-26(22(20)28)18-12-10-16(11-13-18)15-6-4-5-7-15/h1-3,8-15H,4-7H2,(H,25,27). The lowest BCUT2D eigenvalue weighted by molar-refractivity contribution is 0.102. The van der Waals surface area contributed by atoms with E-state index in [1.54, 1.807) is 24.3 Å². The molecular weight excluding hydrogens is 374 g/mol. The third kappa shape index (κ3) is 3.71. The summed E-state index contributed by atoms with van der Waals surface area (Å²) in [5.74, 6) is 0.264. The number of hydrogen-bond acceptors (Lipinski definition) is 3. The predicted octanol–water partition coefficient (Wildman–Crippen LogP) is 4.80. The lowest BCUT2D eigenvalue weighted by atomic mass is 9.98. The maximum absolute atomic E-state index is 12.7. The molecule has 0 spiro atoms. The fraction of sp³-hybridized carbons (Fsp3) is 0.227. The summed E-state index contributed by atoms with van der Waals surface area (Å²) in [5.41, 5.74) is 2.15. The Bertz CT molecular complexity index is 1040. The first-order chi connectivity index (χ1) is 13.6. The largest absolute Gasteiger partial charge is 0.319 e. The smallest absolute Gasteiger partial charge is 0.292 e. The number of nitrogens with zero attached hydrogens (tertiary/aromatic N) is 2. The van der Waals surface area contributed by atoms with Gasteiger partial charge < -0.3 is 5.32 Å². The van der Waals surface area contributed by atoms with Crippen LogP contribution in [0.3, 0.4) is 0 Å². The van der Waals surface area contributed by atoms with E-state index in [9.17, 15) is 9.59 Å². The Labute approximate surface area is 168 Å². The fourth-order valence-electron chi connectivity index (χ4n) is 3.63. The molecule has 4 rings (SSSR count). The first kappa shape index (κ1) is 18.4. The lowest BCUT2D eigenvalue weighted by Gasteiger charge is -2.12. The van der Waals surface area contributed by atoms with E-state index in [-0.39, 0.29) is 16.6 Å². The number of hydrogen-bond donors (Lipinski definition) is 1. The van der Waals surface area contributed by atoms with Crippen LogP contribution in [0, 0.1) is 0 Å². The van der Waals surface area contributed by atoms with E-state index in [1.807, 2.05) is 18.2 Å². The summed E-state index contributed by atoms with van der Waals surface area (Å²) >= 11 is 6.23. The molecule has 0 bridgehead atoms. The van der Waals surface area contributed by atoms with Gasteiger partial charge in [0.25, 0.3) is 11.5 Å². The number of amides is 1. The second-order valence-corrected chi connectivity index (χ2v) is 7.36. The van der Waals surface area contributed by atoms with Crippen molar-refractivity contribution in [3.63, 3.8) is 0 Å². The summed E-state index contributed by atoms with van der Waals surface area (Å²) in [4.78, 5) is 25.0. The van der Waals surface area contributed by atoms with E-state index in [0.29, 0.717) is 17.2 Å². The molecule has 142 valence electrons. The van der Waals surface area contributed by atoms with Gasteiger partial charge in [-0.05, 0) is 48.6 Å². The highest BCUT2D eigenvalue weighted by Gasteiger charge is 2.18. The summed E-state index contributed by atoms with van der Waals surface area (Å²) in [6.45, 7) is 0. The van der Waals surface area contributed by atoms with Crippen molar-refractivity contribution in [1.82, 2.24) is 9.78 Å². The summed E-state index contributed by atoms with van der Waals surface area (Å²) in [5, 5.41) is 6.76. The maximum atomic E-state index is 12.7. The van der Waals surface area contributed by atoms with Crippen molar-refractivity contribution >= 4 is 23.2 Å². The summed E-state index contributed by atoms with van der Waals surface area (Å²) in [7, 11) is 0. The molecular formula is C22H20ClN3O2. The van der Waals surface area contributed by atoms with Gasteiger partial charge in [-0.2, -0.15) is 9.78 Å². The molecule has 1 aromatic heterocycles. The molecule has 28 heavy (non-hydrogen) atoms. The highest BCUT2D eigenvalue weighted by atomic mass is 35.5. The zero-order chi connectivity index (χ0) is 19.5. The van der Waals surface area contributed by atoms with E-state index in [0.717, 1.165) is 0 Å². The summed E-state index contributed by atoms with van der Waals surface area (Å²) in [6.07, 6.45) is 6.40. The molecule has 3 aromatic rings. The van der Waals surface area contributed by atoms with E-state index < -0.39 is 5.56 Å².